The standard InChI is InChI=1S/C8H7ClO3.Mg.2H/c9-7(8(10)11)12-6-4-2-1-3-5-6;;;/h1-5,7H,(H,10,11);;;/q;+2;2*-1. The molecule has 0 fully saturated rings. The van der Waals surface area contributed by atoms with Crippen molar-refractivity contribution in [2.24, 2.45) is 0 Å². The van der Waals surface area contributed by atoms with Gasteiger partial charge in [-0.05, 0) is 12.1 Å². The number of para-hydroxylation sites is 1. The summed E-state index contributed by atoms with van der Waals surface area (Å²) in [5.41, 5.74) is -1.33. The Morgan fingerprint density at radius 3 is 2.46 bits per heavy atom. The number of carbonyl (C=O) groups is 1. The van der Waals surface area contributed by atoms with E-state index < -0.39 is 11.5 Å². The van der Waals surface area contributed by atoms with E-state index in [9.17, 15) is 4.79 Å². The molecule has 0 spiro atoms. The summed E-state index contributed by atoms with van der Waals surface area (Å²) in [5.74, 6) is -0.750. The Hall–Kier alpha value is -0.454. The Kier molecular flexibility index (Phi) is 5.86. The summed E-state index contributed by atoms with van der Waals surface area (Å²) >= 11 is 5.33. The monoisotopic (exact) mass is 212 g/mol. The van der Waals surface area contributed by atoms with E-state index >= 15 is 0 Å². The predicted octanol–water partition coefficient (Wildman–Crippen LogP) is 1.56. The van der Waals surface area contributed by atoms with Crippen LogP contribution in [0, 0.1) is 0 Å². The van der Waals surface area contributed by atoms with Gasteiger partial charge in [-0.15, -0.1) is 0 Å². The number of aliphatic carboxylic acids is 1. The first-order chi connectivity index (χ1) is 5.70. The molecule has 0 saturated heterocycles. The van der Waals surface area contributed by atoms with Crippen LogP contribution in [-0.2, 0) is 4.79 Å². The van der Waals surface area contributed by atoms with Crippen molar-refractivity contribution in [2.75, 3.05) is 0 Å². The maximum absolute atomic E-state index is 10.2. The first-order valence-electron chi connectivity index (χ1n) is 3.29. The van der Waals surface area contributed by atoms with Gasteiger partial charge < -0.3 is 12.7 Å². The average molecular weight is 213 g/mol. The Morgan fingerprint density at radius 1 is 1.46 bits per heavy atom. The van der Waals surface area contributed by atoms with E-state index in [1.54, 1.807) is 30.3 Å². The number of hydrogen-bond donors (Lipinski definition) is 1. The zero-order chi connectivity index (χ0) is 8.97. The largest absolute Gasteiger partial charge is 2.00 e. The van der Waals surface area contributed by atoms with E-state index in [1.165, 1.54) is 0 Å². The fraction of sp³-hybridized carbons (Fsp3) is 0.125. The molecule has 3 nitrogen and oxygen atoms in total. The SMILES string of the molecule is O=C(O)C(Cl)Oc1ccccc1.[H-].[H-].[Mg+2]. The zero-order valence-electron chi connectivity index (χ0n) is 8.81. The molecule has 0 radical (unpaired) electrons. The maximum atomic E-state index is 10.2. The van der Waals surface area contributed by atoms with Crippen LogP contribution >= 0.6 is 11.6 Å². The van der Waals surface area contributed by atoms with Crippen LogP contribution in [0.3, 0.4) is 0 Å². The first kappa shape index (κ1) is 12.5. The molecule has 0 aliphatic rings. The van der Waals surface area contributed by atoms with Crippen molar-refractivity contribution in [2.45, 2.75) is 5.56 Å². The molecule has 1 rings (SSSR count). The summed E-state index contributed by atoms with van der Waals surface area (Å²) in [6.07, 6.45) is 0. The van der Waals surface area contributed by atoms with Crippen LogP contribution in [0.1, 0.15) is 2.85 Å². The molecule has 0 amide bonds. The minimum atomic E-state index is -1.33. The van der Waals surface area contributed by atoms with E-state index in [0.29, 0.717) is 5.75 Å². The number of alkyl halides is 1. The Labute approximate surface area is 99.8 Å². The second kappa shape index (κ2) is 6.07. The molecule has 1 N–H and O–H groups in total. The molecule has 1 aromatic rings. The minimum absolute atomic E-state index is 0. The van der Waals surface area contributed by atoms with E-state index in [0.717, 1.165) is 0 Å². The predicted molar refractivity (Wildman–Crippen MR) is 52.3 cm³/mol. The summed E-state index contributed by atoms with van der Waals surface area (Å²) < 4.78 is 4.84. The van der Waals surface area contributed by atoms with Crippen molar-refractivity contribution in [3.05, 3.63) is 30.3 Å². The van der Waals surface area contributed by atoms with Crippen LogP contribution in [-0.4, -0.2) is 39.7 Å². The normalized spacial score (nSPS) is 11.2. The van der Waals surface area contributed by atoms with Gasteiger partial charge in [0.05, 0.1) is 0 Å². The number of benzene rings is 1. The molecule has 1 unspecified atom stereocenters. The summed E-state index contributed by atoms with van der Waals surface area (Å²) in [7, 11) is 0. The Morgan fingerprint density at radius 2 is 2.00 bits per heavy atom. The summed E-state index contributed by atoms with van der Waals surface area (Å²) in [6, 6.07) is 8.55. The molecule has 1 atom stereocenters. The number of ether oxygens (including phenoxy) is 1. The Balaban J connectivity index is -0.000000480. The fourth-order valence-corrected chi connectivity index (χ4v) is 0.772. The molecular formula is C8H9ClMgO3. The van der Waals surface area contributed by atoms with Crippen LogP contribution in [0.15, 0.2) is 30.3 Å². The zero-order valence-corrected chi connectivity index (χ0v) is 8.98. The van der Waals surface area contributed by atoms with Crippen molar-refractivity contribution >= 4 is 40.6 Å². The van der Waals surface area contributed by atoms with Gasteiger partial charge in [0.2, 0.25) is 0 Å². The number of rotatable bonds is 3. The van der Waals surface area contributed by atoms with Gasteiger partial charge in [0.25, 0.3) is 5.56 Å². The van der Waals surface area contributed by atoms with Gasteiger partial charge >= 0.3 is 29.0 Å². The van der Waals surface area contributed by atoms with E-state index in [-0.39, 0.29) is 25.9 Å². The topological polar surface area (TPSA) is 46.5 Å². The average Bonchev–Trinajstić information content (AvgIpc) is 2.06. The molecule has 0 aliphatic heterocycles. The Bertz CT molecular complexity index is 274. The second-order valence-electron chi connectivity index (χ2n) is 2.09. The van der Waals surface area contributed by atoms with Crippen molar-refractivity contribution < 1.29 is 17.5 Å². The number of carboxylic acids is 1. The van der Waals surface area contributed by atoms with Crippen LogP contribution < -0.4 is 4.74 Å². The number of halogens is 1. The molecular weight excluding hydrogens is 204 g/mol. The molecule has 68 valence electrons. The summed E-state index contributed by atoms with van der Waals surface area (Å²) in [6.45, 7) is 0. The summed E-state index contributed by atoms with van der Waals surface area (Å²) in [5, 5.41) is 8.39. The van der Waals surface area contributed by atoms with Gasteiger partial charge in [-0.1, -0.05) is 29.8 Å². The van der Waals surface area contributed by atoms with E-state index in [4.69, 9.17) is 21.4 Å². The van der Waals surface area contributed by atoms with E-state index in [1.807, 2.05) is 0 Å². The van der Waals surface area contributed by atoms with Crippen LogP contribution in [0.2, 0.25) is 0 Å². The van der Waals surface area contributed by atoms with Crippen molar-refractivity contribution in [1.29, 1.82) is 0 Å². The molecule has 1 aromatic carbocycles. The molecule has 0 aromatic heterocycles. The third kappa shape index (κ3) is 4.35. The van der Waals surface area contributed by atoms with Crippen LogP contribution in [0.25, 0.3) is 0 Å². The first-order valence-corrected chi connectivity index (χ1v) is 3.72. The number of carboxylic acid groups (broad SMARTS) is 1. The molecule has 0 heterocycles. The van der Waals surface area contributed by atoms with E-state index in [2.05, 4.69) is 0 Å². The van der Waals surface area contributed by atoms with Gasteiger partial charge in [0.1, 0.15) is 5.75 Å². The van der Waals surface area contributed by atoms with Crippen molar-refractivity contribution in [1.82, 2.24) is 0 Å². The molecule has 0 bridgehead atoms. The molecule has 0 aliphatic carbocycles. The third-order valence-electron chi connectivity index (χ3n) is 1.18. The summed E-state index contributed by atoms with van der Waals surface area (Å²) in [4.78, 5) is 10.2. The quantitative estimate of drug-likeness (QED) is 0.611. The van der Waals surface area contributed by atoms with Gasteiger partial charge in [0, 0.05) is 0 Å². The molecule has 0 saturated carbocycles. The third-order valence-corrected chi connectivity index (χ3v) is 1.45. The van der Waals surface area contributed by atoms with Gasteiger partial charge in [-0.25, -0.2) is 4.79 Å². The van der Waals surface area contributed by atoms with Crippen LogP contribution in [0.4, 0.5) is 0 Å². The molecule has 5 heteroatoms. The number of hydrogen-bond acceptors (Lipinski definition) is 2. The maximum Gasteiger partial charge on any atom is 2.00 e. The van der Waals surface area contributed by atoms with Crippen molar-refractivity contribution in [3.63, 3.8) is 0 Å². The van der Waals surface area contributed by atoms with Crippen molar-refractivity contribution in [3.8, 4) is 5.75 Å². The van der Waals surface area contributed by atoms with Gasteiger partial charge in [-0.2, -0.15) is 0 Å². The second-order valence-corrected chi connectivity index (χ2v) is 2.48. The van der Waals surface area contributed by atoms with Crippen LogP contribution in [0.5, 0.6) is 5.75 Å². The minimum Gasteiger partial charge on any atom is -1.00 e. The van der Waals surface area contributed by atoms with Gasteiger partial charge in [0.15, 0.2) is 0 Å². The fourth-order valence-electron chi connectivity index (χ4n) is 0.669. The molecule has 13 heavy (non-hydrogen) atoms. The smallest absolute Gasteiger partial charge is 1.00 e. The van der Waals surface area contributed by atoms with Gasteiger partial charge in [-0.3, -0.25) is 0 Å².